The van der Waals surface area contributed by atoms with Gasteiger partial charge < -0.3 is 0 Å². The van der Waals surface area contributed by atoms with E-state index in [2.05, 4.69) is 9.44 Å². The first kappa shape index (κ1) is 49.2. The van der Waals surface area contributed by atoms with Crippen molar-refractivity contribution in [3.63, 3.8) is 0 Å². The lowest BCUT2D eigenvalue weighted by molar-refractivity contribution is 0.378. The smallest absolute Gasteiger partial charge is 0.211 e. The third-order valence-electron chi connectivity index (χ3n) is 10.3. The van der Waals surface area contributed by atoms with Crippen molar-refractivity contribution in [2.75, 3.05) is 39.3 Å². The molecule has 0 aliphatic rings. The Hall–Kier alpha value is -3.48. The Balaban J connectivity index is 1.25. The average Bonchev–Trinajstić information content (AvgIpc) is 3.20. The van der Waals surface area contributed by atoms with Gasteiger partial charge in [0.2, 0.25) is 40.1 Å². The molecule has 12 nitrogen and oxygen atoms in total. The van der Waals surface area contributed by atoms with Crippen molar-refractivity contribution in [1.82, 2.24) is 18.1 Å². The first-order chi connectivity index (χ1) is 28.4. The van der Waals surface area contributed by atoms with Crippen LogP contribution in [0, 0.1) is 27.7 Å². The van der Waals surface area contributed by atoms with Gasteiger partial charge in [0.05, 0.1) is 19.6 Å². The summed E-state index contributed by atoms with van der Waals surface area (Å²) in [5.74, 6) is 0. The highest BCUT2D eigenvalue weighted by atomic mass is 32.2. The Morgan fingerprint density at radius 2 is 0.567 bits per heavy atom. The minimum atomic E-state index is -3.77. The molecule has 0 saturated carbocycles. The Labute approximate surface area is 360 Å². The Kier molecular flexibility index (Phi) is 18.9. The standard InChI is InChI=1S/C44H62N4O8S4/c1-37-15-23-41(24-16-37)57(49,50)45-31-9-13-35-47(59(53,54)43-27-19-39(3)20-28-43)33-11-7-5-6-8-12-34-48(60(55,56)44-29-21-40(4)22-30-44)36-14-10-32-46-58(51,52)42-25-17-38(2)18-26-42/h15-30,45-46H,5-14,31-36H2,1-4H3. The van der Waals surface area contributed by atoms with Crippen molar-refractivity contribution in [3.8, 4) is 0 Å². The molecule has 330 valence electrons. The fraction of sp³-hybridized carbons (Fsp3) is 0.455. The molecule has 4 rings (SSSR count). The van der Waals surface area contributed by atoms with Crippen molar-refractivity contribution in [1.29, 1.82) is 0 Å². The van der Waals surface area contributed by atoms with Gasteiger partial charge >= 0.3 is 0 Å². The largest absolute Gasteiger partial charge is 0.243 e. The molecule has 60 heavy (non-hydrogen) atoms. The van der Waals surface area contributed by atoms with E-state index in [1.54, 1.807) is 97.1 Å². The molecule has 2 N–H and O–H groups in total. The molecule has 0 atom stereocenters. The van der Waals surface area contributed by atoms with Gasteiger partial charge in [-0.3, -0.25) is 0 Å². The van der Waals surface area contributed by atoms with E-state index in [1.165, 1.54) is 8.61 Å². The van der Waals surface area contributed by atoms with Gasteiger partial charge in [0.25, 0.3) is 0 Å². The summed E-state index contributed by atoms with van der Waals surface area (Å²) in [6.07, 6.45) is 6.47. The van der Waals surface area contributed by atoms with Crippen LogP contribution in [-0.4, -0.2) is 81.6 Å². The maximum absolute atomic E-state index is 13.7. The lowest BCUT2D eigenvalue weighted by Crippen LogP contribution is -2.34. The molecule has 0 aliphatic carbocycles. The number of aryl methyl sites for hydroxylation is 4. The molecule has 0 heterocycles. The number of hydrogen-bond acceptors (Lipinski definition) is 8. The normalized spacial score (nSPS) is 12.7. The zero-order valence-corrected chi connectivity index (χ0v) is 38.6. The van der Waals surface area contributed by atoms with Gasteiger partial charge in [-0.2, -0.15) is 8.61 Å². The average molecular weight is 903 g/mol. The fourth-order valence-electron chi connectivity index (χ4n) is 6.55. The van der Waals surface area contributed by atoms with E-state index in [1.807, 2.05) is 27.7 Å². The number of nitrogens with one attached hydrogen (secondary N) is 2. The summed E-state index contributed by atoms with van der Waals surface area (Å²) in [4.78, 5) is 0.829. The Morgan fingerprint density at radius 3 is 0.850 bits per heavy atom. The Bertz CT molecular complexity index is 2200. The summed E-state index contributed by atoms with van der Waals surface area (Å²) in [5.41, 5.74) is 3.83. The molecular formula is C44H62N4O8S4. The van der Waals surface area contributed by atoms with E-state index in [0.717, 1.165) is 47.9 Å². The summed E-state index contributed by atoms with van der Waals surface area (Å²) in [5, 5.41) is 0. The molecule has 0 aromatic heterocycles. The number of nitrogens with zero attached hydrogens (tertiary/aromatic N) is 2. The van der Waals surface area contributed by atoms with Crippen molar-refractivity contribution >= 4 is 40.1 Å². The second-order valence-electron chi connectivity index (χ2n) is 15.4. The van der Waals surface area contributed by atoms with E-state index in [-0.39, 0.29) is 45.8 Å². The van der Waals surface area contributed by atoms with Crippen molar-refractivity contribution < 1.29 is 33.7 Å². The summed E-state index contributed by atoms with van der Waals surface area (Å²) in [6, 6.07) is 26.8. The zero-order valence-electron chi connectivity index (χ0n) is 35.3. The first-order valence-corrected chi connectivity index (χ1v) is 26.5. The molecule has 4 aromatic rings. The topological polar surface area (TPSA) is 167 Å². The first-order valence-electron chi connectivity index (χ1n) is 20.7. The number of hydrogen-bond donors (Lipinski definition) is 2. The molecule has 16 heteroatoms. The maximum Gasteiger partial charge on any atom is 0.243 e. The summed E-state index contributed by atoms with van der Waals surface area (Å²) >= 11 is 0. The van der Waals surface area contributed by atoms with Crippen LogP contribution in [0.5, 0.6) is 0 Å². The molecule has 0 saturated heterocycles. The molecule has 4 aromatic carbocycles. The van der Waals surface area contributed by atoms with Crippen LogP contribution in [0.25, 0.3) is 0 Å². The van der Waals surface area contributed by atoms with E-state index in [0.29, 0.717) is 51.6 Å². The van der Waals surface area contributed by atoms with Crippen LogP contribution in [0.1, 0.15) is 86.5 Å². The molecule has 0 fully saturated rings. The van der Waals surface area contributed by atoms with E-state index < -0.39 is 40.1 Å². The lowest BCUT2D eigenvalue weighted by Gasteiger charge is -2.23. The van der Waals surface area contributed by atoms with Gasteiger partial charge in [0.15, 0.2) is 0 Å². The van der Waals surface area contributed by atoms with Gasteiger partial charge in [-0.05, 0) is 115 Å². The monoisotopic (exact) mass is 902 g/mol. The highest BCUT2D eigenvalue weighted by Crippen LogP contribution is 2.21. The number of rotatable bonds is 27. The third-order valence-corrected chi connectivity index (χ3v) is 17.1. The van der Waals surface area contributed by atoms with Crippen molar-refractivity contribution in [2.45, 2.75) is 111 Å². The van der Waals surface area contributed by atoms with Crippen LogP contribution in [0.2, 0.25) is 0 Å². The van der Waals surface area contributed by atoms with Crippen LogP contribution < -0.4 is 9.44 Å². The van der Waals surface area contributed by atoms with E-state index >= 15 is 0 Å². The second-order valence-corrected chi connectivity index (χ2v) is 22.8. The molecule has 0 spiro atoms. The highest BCUT2D eigenvalue weighted by Gasteiger charge is 2.25. The second kappa shape index (κ2) is 23.1. The summed E-state index contributed by atoms with van der Waals surface area (Å²) < 4.78 is 114. The molecule has 0 bridgehead atoms. The number of sulfonamides is 4. The number of unbranched alkanes of at least 4 members (excludes halogenated alkanes) is 7. The molecule has 0 unspecified atom stereocenters. The van der Waals surface area contributed by atoms with E-state index in [4.69, 9.17) is 0 Å². The van der Waals surface area contributed by atoms with Crippen LogP contribution in [-0.2, 0) is 40.1 Å². The molecule has 0 radical (unpaired) electrons. The van der Waals surface area contributed by atoms with Crippen molar-refractivity contribution in [3.05, 3.63) is 119 Å². The molecule has 0 aliphatic heterocycles. The summed E-state index contributed by atoms with van der Waals surface area (Å²) in [7, 11) is -14.9. The van der Waals surface area contributed by atoms with Crippen LogP contribution in [0.15, 0.2) is 117 Å². The Morgan fingerprint density at radius 1 is 0.333 bits per heavy atom. The van der Waals surface area contributed by atoms with E-state index in [9.17, 15) is 33.7 Å². The minimum absolute atomic E-state index is 0.189. The van der Waals surface area contributed by atoms with Crippen LogP contribution >= 0.6 is 0 Å². The van der Waals surface area contributed by atoms with Crippen molar-refractivity contribution in [2.24, 2.45) is 0 Å². The molecular weight excluding hydrogens is 841 g/mol. The lowest BCUT2D eigenvalue weighted by atomic mass is 10.1. The SMILES string of the molecule is Cc1ccc(S(=O)(=O)NCCCCN(CCCCCCCCN(CCCCNS(=O)(=O)c2ccc(C)cc2)S(=O)(=O)c2ccc(C)cc2)S(=O)(=O)c2ccc(C)cc2)cc1. The van der Waals surface area contributed by atoms with Gasteiger partial charge in [0, 0.05) is 39.3 Å². The quantitative estimate of drug-likeness (QED) is 0.0582. The van der Waals surface area contributed by atoms with Gasteiger partial charge in [-0.25, -0.2) is 43.1 Å². The molecule has 0 amide bonds. The minimum Gasteiger partial charge on any atom is -0.211 e. The predicted molar refractivity (Wildman–Crippen MR) is 239 cm³/mol. The third kappa shape index (κ3) is 15.2. The highest BCUT2D eigenvalue weighted by molar-refractivity contribution is 7.90. The predicted octanol–water partition coefficient (Wildman–Crippen LogP) is 7.46. The van der Waals surface area contributed by atoms with Crippen LogP contribution in [0.3, 0.4) is 0 Å². The van der Waals surface area contributed by atoms with Gasteiger partial charge in [-0.1, -0.05) is 96.5 Å². The van der Waals surface area contributed by atoms with Crippen LogP contribution in [0.4, 0.5) is 0 Å². The summed E-state index contributed by atoms with van der Waals surface area (Å²) in [6.45, 7) is 9.12. The zero-order chi connectivity index (χ0) is 43.8. The maximum atomic E-state index is 13.7. The van der Waals surface area contributed by atoms with Gasteiger partial charge in [-0.15, -0.1) is 0 Å². The number of benzene rings is 4. The fourth-order valence-corrected chi connectivity index (χ4v) is 11.7. The van der Waals surface area contributed by atoms with Gasteiger partial charge in [0.1, 0.15) is 0 Å².